The molecule has 17 heavy (non-hydrogen) atoms. The third kappa shape index (κ3) is 5.48. The molecule has 0 atom stereocenters. The van der Waals surface area contributed by atoms with Crippen LogP contribution in [-0.4, -0.2) is 18.6 Å². The molecule has 0 unspecified atom stereocenters. The number of carbonyl (C=O) groups is 1. The molecule has 0 bridgehead atoms. The van der Waals surface area contributed by atoms with Crippen LogP contribution in [0.2, 0.25) is 0 Å². The Hall–Kier alpha value is -1.37. The maximum absolute atomic E-state index is 11.8. The van der Waals surface area contributed by atoms with Crippen LogP contribution in [0.3, 0.4) is 0 Å². The maximum atomic E-state index is 11.8. The lowest BCUT2D eigenvalue weighted by Crippen LogP contribution is -2.04. The van der Waals surface area contributed by atoms with E-state index in [1.54, 1.807) is 0 Å². The number of hydrogen-bond donors (Lipinski definition) is 0. The Morgan fingerprint density at radius 1 is 1.29 bits per heavy atom. The van der Waals surface area contributed by atoms with E-state index in [2.05, 4.69) is 8.92 Å². The quantitative estimate of drug-likeness (QED) is 0.620. The molecule has 3 nitrogen and oxygen atoms in total. The van der Waals surface area contributed by atoms with Crippen LogP contribution in [0.25, 0.3) is 0 Å². The van der Waals surface area contributed by atoms with Gasteiger partial charge in [-0.2, -0.15) is 13.2 Å². The second-order valence-electron chi connectivity index (χ2n) is 3.01. The van der Waals surface area contributed by atoms with Crippen molar-refractivity contribution < 1.29 is 26.9 Å². The summed E-state index contributed by atoms with van der Waals surface area (Å²) in [6, 6.07) is 5.72. The van der Waals surface area contributed by atoms with E-state index in [4.69, 9.17) is 0 Å². The second-order valence-corrected chi connectivity index (χ2v) is 3.81. The molecule has 0 aliphatic heterocycles. The predicted molar refractivity (Wildman–Crippen MR) is 56.4 cm³/mol. The summed E-state index contributed by atoms with van der Waals surface area (Å²) in [5.74, 6) is -0.343. The van der Waals surface area contributed by atoms with Crippen LogP contribution in [0.4, 0.5) is 13.2 Å². The first-order chi connectivity index (χ1) is 7.90. The van der Waals surface area contributed by atoms with Gasteiger partial charge in [0.1, 0.15) is 5.75 Å². The molecular weight excluding hydrogens is 257 g/mol. The fraction of sp³-hybridized carbons (Fsp3) is 0.300. The number of halogens is 3. The third-order valence-electron chi connectivity index (χ3n) is 1.73. The number of ether oxygens (including phenoxy) is 1. The predicted octanol–water partition coefficient (Wildman–Crippen LogP) is 2.95. The minimum absolute atomic E-state index is 0.0703. The van der Waals surface area contributed by atoms with Gasteiger partial charge in [-0.05, 0) is 17.7 Å². The van der Waals surface area contributed by atoms with Crippen molar-refractivity contribution in [2.24, 2.45) is 0 Å². The first-order valence-electron chi connectivity index (χ1n) is 4.49. The Kier molecular flexibility index (Phi) is 4.68. The van der Waals surface area contributed by atoms with Crippen LogP contribution < -0.4 is 4.18 Å². The molecular formula is C10H9F3O3S. The Bertz CT molecular complexity index is 375. The molecule has 94 valence electrons. The van der Waals surface area contributed by atoms with Crippen LogP contribution in [0, 0.1) is 0 Å². The van der Waals surface area contributed by atoms with Gasteiger partial charge in [0.25, 0.3) is 0 Å². The molecule has 0 N–H and O–H groups in total. The summed E-state index contributed by atoms with van der Waals surface area (Å²) in [4.78, 5) is 10.9. The highest BCUT2D eigenvalue weighted by molar-refractivity contribution is 7.95. The molecule has 0 saturated carbocycles. The first-order valence-corrected chi connectivity index (χ1v) is 5.23. The van der Waals surface area contributed by atoms with E-state index < -0.39 is 23.5 Å². The number of alkyl halides is 3. The largest absolute Gasteiger partial charge is 0.479 e. The molecule has 0 aliphatic carbocycles. The standard InChI is InChI=1S/C10H9F3O3S/c1-15-9(14)6-7-2-4-8(5-3-7)16-17-10(11,12)13/h2-5H,6H2,1H3. The van der Waals surface area contributed by atoms with Crippen molar-refractivity contribution in [2.45, 2.75) is 11.9 Å². The average molecular weight is 266 g/mol. The molecule has 1 aromatic rings. The van der Waals surface area contributed by atoms with Gasteiger partial charge >= 0.3 is 11.5 Å². The number of carbonyl (C=O) groups excluding carboxylic acids is 1. The summed E-state index contributed by atoms with van der Waals surface area (Å²) >= 11 is -0.581. The first kappa shape index (κ1) is 13.7. The van der Waals surface area contributed by atoms with E-state index in [-0.39, 0.29) is 12.2 Å². The van der Waals surface area contributed by atoms with Crippen LogP contribution >= 0.6 is 12.0 Å². The van der Waals surface area contributed by atoms with Crippen molar-refractivity contribution in [3.05, 3.63) is 29.8 Å². The number of benzene rings is 1. The van der Waals surface area contributed by atoms with Gasteiger partial charge in [0.05, 0.1) is 13.5 Å². The lowest BCUT2D eigenvalue weighted by molar-refractivity contribution is -0.139. The SMILES string of the molecule is COC(=O)Cc1ccc(OSC(F)(F)F)cc1. The molecule has 0 aromatic heterocycles. The lowest BCUT2D eigenvalue weighted by atomic mass is 10.1. The molecule has 0 amide bonds. The van der Waals surface area contributed by atoms with Crippen molar-refractivity contribution in [1.29, 1.82) is 0 Å². The average Bonchev–Trinajstić information content (AvgIpc) is 2.27. The number of rotatable bonds is 4. The van der Waals surface area contributed by atoms with E-state index >= 15 is 0 Å². The van der Waals surface area contributed by atoms with Crippen LogP contribution in [0.15, 0.2) is 24.3 Å². The Morgan fingerprint density at radius 3 is 2.35 bits per heavy atom. The van der Waals surface area contributed by atoms with Crippen molar-refractivity contribution in [2.75, 3.05) is 7.11 Å². The minimum Gasteiger partial charge on any atom is -0.469 e. The third-order valence-corrected chi connectivity index (χ3v) is 2.20. The van der Waals surface area contributed by atoms with Gasteiger partial charge in [0.15, 0.2) is 12.0 Å². The molecule has 7 heteroatoms. The van der Waals surface area contributed by atoms with E-state index in [1.807, 2.05) is 0 Å². The van der Waals surface area contributed by atoms with Crippen molar-refractivity contribution in [3.8, 4) is 5.75 Å². The van der Waals surface area contributed by atoms with Gasteiger partial charge in [-0.15, -0.1) is 0 Å². The van der Waals surface area contributed by atoms with Gasteiger partial charge in [-0.1, -0.05) is 12.1 Å². The maximum Gasteiger partial charge on any atom is 0.479 e. The van der Waals surface area contributed by atoms with Gasteiger partial charge in [-0.25, -0.2) is 0 Å². The van der Waals surface area contributed by atoms with Crippen LogP contribution in [0.5, 0.6) is 5.75 Å². The highest BCUT2D eigenvalue weighted by atomic mass is 32.2. The molecule has 0 aliphatic rings. The highest BCUT2D eigenvalue weighted by Crippen LogP contribution is 2.32. The summed E-state index contributed by atoms with van der Waals surface area (Å²) in [6.45, 7) is 0. The summed E-state index contributed by atoms with van der Waals surface area (Å²) < 4.78 is 44.3. The lowest BCUT2D eigenvalue weighted by Gasteiger charge is -2.06. The van der Waals surface area contributed by atoms with Crippen LogP contribution in [-0.2, 0) is 16.0 Å². The normalized spacial score (nSPS) is 11.1. The van der Waals surface area contributed by atoms with E-state index in [0.29, 0.717) is 5.56 Å². The van der Waals surface area contributed by atoms with Crippen LogP contribution in [0.1, 0.15) is 5.56 Å². The van der Waals surface area contributed by atoms with Crippen molar-refractivity contribution in [3.63, 3.8) is 0 Å². The topological polar surface area (TPSA) is 35.5 Å². The van der Waals surface area contributed by atoms with Gasteiger partial charge in [-0.3, -0.25) is 4.79 Å². The zero-order valence-corrected chi connectivity index (χ0v) is 9.60. The molecule has 1 aromatic carbocycles. The van der Waals surface area contributed by atoms with E-state index in [0.717, 1.165) is 0 Å². The Labute approximate surface area is 100 Å². The smallest absolute Gasteiger partial charge is 0.469 e. The monoisotopic (exact) mass is 266 g/mol. The second kappa shape index (κ2) is 5.81. The van der Waals surface area contributed by atoms with E-state index in [1.165, 1.54) is 31.4 Å². The minimum atomic E-state index is -4.44. The molecule has 0 fully saturated rings. The van der Waals surface area contributed by atoms with Gasteiger partial charge in [0, 0.05) is 0 Å². The zero-order chi connectivity index (χ0) is 12.9. The molecule has 0 heterocycles. The highest BCUT2D eigenvalue weighted by Gasteiger charge is 2.31. The summed E-state index contributed by atoms with van der Waals surface area (Å²) in [5, 5.41) is 0. The number of esters is 1. The summed E-state index contributed by atoms with van der Waals surface area (Å²) in [5.41, 5.74) is -3.80. The molecule has 0 radical (unpaired) electrons. The fourth-order valence-electron chi connectivity index (χ4n) is 0.997. The van der Waals surface area contributed by atoms with Gasteiger partial charge in [0.2, 0.25) is 0 Å². The van der Waals surface area contributed by atoms with Crippen molar-refractivity contribution in [1.82, 2.24) is 0 Å². The number of methoxy groups -OCH3 is 1. The van der Waals surface area contributed by atoms with Gasteiger partial charge < -0.3 is 8.92 Å². The van der Waals surface area contributed by atoms with E-state index in [9.17, 15) is 18.0 Å². The Balaban J connectivity index is 2.53. The fourth-order valence-corrected chi connectivity index (χ4v) is 1.30. The number of hydrogen-bond acceptors (Lipinski definition) is 4. The summed E-state index contributed by atoms with van der Waals surface area (Å²) in [7, 11) is 1.26. The Morgan fingerprint density at radius 2 is 1.88 bits per heavy atom. The van der Waals surface area contributed by atoms with Crippen molar-refractivity contribution >= 4 is 18.0 Å². The zero-order valence-electron chi connectivity index (χ0n) is 8.78. The molecule has 0 spiro atoms. The molecule has 1 rings (SSSR count). The molecule has 0 saturated heterocycles. The summed E-state index contributed by atoms with van der Waals surface area (Å²) in [6.07, 6.45) is 0.0726.